The molecule has 0 radical (unpaired) electrons. The van der Waals surface area contributed by atoms with Crippen LogP contribution >= 0.6 is 0 Å². The van der Waals surface area contributed by atoms with Gasteiger partial charge in [-0.05, 0) is 19.1 Å². The highest BCUT2D eigenvalue weighted by Gasteiger charge is 2.12. The van der Waals surface area contributed by atoms with Gasteiger partial charge in [0.15, 0.2) is 0 Å². The largest absolute Gasteiger partial charge is 0.507 e. The van der Waals surface area contributed by atoms with Crippen molar-refractivity contribution in [2.45, 2.75) is 13.0 Å². The van der Waals surface area contributed by atoms with E-state index < -0.39 is 12.0 Å². The van der Waals surface area contributed by atoms with Gasteiger partial charge in [0.2, 0.25) is 6.10 Å². The van der Waals surface area contributed by atoms with Crippen LogP contribution in [0.1, 0.15) is 12.5 Å². The van der Waals surface area contributed by atoms with E-state index in [4.69, 9.17) is 4.84 Å². The summed E-state index contributed by atoms with van der Waals surface area (Å²) in [6.07, 6.45) is 0.545. The Labute approximate surface area is 98.8 Å². The summed E-state index contributed by atoms with van der Waals surface area (Å²) >= 11 is 0. The average molecular weight is 238 g/mol. The molecule has 6 nitrogen and oxygen atoms in total. The first kappa shape index (κ1) is 13.0. The minimum absolute atomic E-state index is 0.0915. The summed E-state index contributed by atoms with van der Waals surface area (Å²) in [4.78, 5) is 20.5. The third-order valence-electron chi connectivity index (χ3n) is 1.92. The number of hydrogen-bond acceptors (Lipinski definition) is 5. The Morgan fingerprint density at radius 1 is 1.53 bits per heavy atom. The van der Waals surface area contributed by atoms with Crippen molar-refractivity contribution in [1.29, 1.82) is 0 Å². The van der Waals surface area contributed by atoms with Crippen LogP contribution in [0.4, 0.5) is 0 Å². The molecule has 0 spiro atoms. The number of phenols is 1. The van der Waals surface area contributed by atoms with E-state index in [0.717, 1.165) is 0 Å². The fraction of sp³-hybridized carbons (Fsp3) is 0.273. The van der Waals surface area contributed by atoms with Gasteiger partial charge in [-0.1, -0.05) is 17.3 Å². The van der Waals surface area contributed by atoms with Crippen LogP contribution in [0.2, 0.25) is 0 Å². The number of para-hydroxylation sites is 1. The van der Waals surface area contributed by atoms with Crippen LogP contribution in [0, 0.1) is 0 Å². The molecule has 0 bridgehead atoms. The first-order valence-electron chi connectivity index (χ1n) is 4.95. The Morgan fingerprint density at radius 3 is 2.88 bits per heavy atom. The van der Waals surface area contributed by atoms with Crippen LogP contribution in [0.5, 0.6) is 5.75 Å². The molecule has 1 amide bonds. The molecule has 1 aromatic carbocycles. The lowest BCUT2D eigenvalue weighted by Crippen LogP contribution is -2.32. The molecule has 0 saturated carbocycles. The molecule has 0 saturated heterocycles. The van der Waals surface area contributed by atoms with Crippen LogP contribution in [-0.4, -0.2) is 30.4 Å². The van der Waals surface area contributed by atoms with E-state index in [1.165, 1.54) is 26.3 Å². The van der Waals surface area contributed by atoms with Gasteiger partial charge in [-0.2, -0.15) is 0 Å². The molecule has 0 aliphatic rings. The quantitative estimate of drug-likeness (QED) is 0.587. The first-order chi connectivity index (χ1) is 8.15. The second-order valence-corrected chi connectivity index (χ2v) is 3.21. The Kier molecular flexibility index (Phi) is 4.96. The number of amides is 1. The normalized spacial score (nSPS) is 12.4. The van der Waals surface area contributed by atoms with Gasteiger partial charge in [-0.15, -0.1) is 0 Å². The van der Waals surface area contributed by atoms with Gasteiger partial charge in [0.25, 0.3) is 5.91 Å². The fourth-order valence-electron chi connectivity index (χ4n) is 1.01. The third-order valence-corrected chi connectivity index (χ3v) is 1.92. The van der Waals surface area contributed by atoms with Crippen LogP contribution in [0.15, 0.2) is 29.4 Å². The fourth-order valence-corrected chi connectivity index (χ4v) is 1.01. The van der Waals surface area contributed by atoms with Crippen molar-refractivity contribution in [2.24, 2.45) is 5.16 Å². The number of aromatic hydroxyl groups is 1. The molecular weight excluding hydrogens is 224 g/mol. The number of benzene rings is 1. The summed E-state index contributed by atoms with van der Waals surface area (Å²) in [5.74, 6) is -0.351. The summed E-state index contributed by atoms with van der Waals surface area (Å²) in [6, 6.07) is 6.65. The van der Waals surface area contributed by atoms with Gasteiger partial charge >= 0.3 is 0 Å². The predicted molar refractivity (Wildman–Crippen MR) is 61.4 cm³/mol. The highest BCUT2D eigenvalue weighted by atomic mass is 16.7. The molecule has 1 atom stereocenters. The lowest BCUT2D eigenvalue weighted by Gasteiger charge is -2.08. The standard InChI is InChI=1S/C11H14N2O4/c1-8(11(15)13-16-2)17-12-7-9-5-3-4-6-10(9)14/h3-8,14H,1-2H3,(H,13,15). The molecule has 0 aliphatic heterocycles. The molecule has 1 unspecified atom stereocenters. The smallest absolute Gasteiger partial charge is 0.287 e. The molecule has 0 heterocycles. The van der Waals surface area contributed by atoms with E-state index in [1.54, 1.807) is 18.2 Å². The summed E-state index contributed by atoms with van der Waals surface area (Å²) in [6.45, 7) is 1.52. The molecule has 1 aromatic rings. The SMILES string of the molecule is CONC(=O)C(C)ON=Cc1ccccc1O. The van der Waals surface area contributed by atoms with Crippen LogP contribution in [0.25, 0.3) is 0 Å². The number of hydrogen-bond donors (Lipinski definition) is 2. The van der Waals surface area contributed by atoms with Crippen molar-refractivity contribution in [3.05, 3.63) is 29.8 Å². The maximum atomic E-state index is 11.2. The molecular formula is C11H14N2O4. The summed E-state index contributed by atoms with van der Waals surface area (Å²) < 4.78 is 0. The minimum Gasteiger partial charge on any atom is -0.507 e. The number of nitrogens with zero attached hydrogens (tertiary/aromatic N) is 1. The summed E-state index contributed by atoms with van der Waals surface area (Å²) in [5.41, 5.74) is 2.62. The van der Waals surface area contributed by atoms with Crippen molar-refractivity contribution in [2.75, 3.05) is 7.11 Å². The molecule has 1 rings (SSSR count). The van der Waals surface area contributed by atoms with Gasteiger partial charge in [0, 0.05) is 5.56 Å². The van der Waals surface area contributed by atoms with Gasteiger partial charge in [0.05, 0.1) is 13.3 Å². The van der Waals surface area contributed by atoms with Crippen molar-refractivity contribution in [3.63, 3.8) is 0 Å². The number of rotatable bonds is 5. The second kappa shape index (κ2) is 6.49. The zero-order chi connectivity index (χ0) is 12.7. The Hall–Kier alpha value is -2.08. The Morgan fingerprint density at radius 2 is 2.24 bits per heavy atom. The van der Waals surface area contributed by atoms with Crippen molar-refractivity contribution >= 4 is 12.1 Å². The van der Waals surface area contributed by atoms with E-state index in [2.05, 4.69) is 15.5 Å². The highest BCUT2D eigenvalue weighted by Crippen LogP contribution is 2.12. The Balaban J connectivity index is 2.51. The lowest BCUT2D eigenvalue weighted by molar-refractivity contribution is -0.142. The van der Waals surface area contributed by atoms with Crippen LogP contribution in [-0.2, 0) is 14.5 Å². The highest BCUT2D eigenvalue weighted by molar-refractivity contribution is 5.83. The number of carbonyl (C=O) groups excluding carboxylic acids is 1. The third kappa shape index (κ3) is 4.12. The minimum atomic E-state index is -0.781. The van der Waals surface area contributed by atoms with Crippen LogP contribution < -0.4 is 5.48 Å². The molecule has 6 heteroatoms. The van der Waals surface area contributed by atoms with E-state index in [9.17, 15) is 9.90 Å². The topological polar surface area (TPSA) is 80.2 Å². The number of phenolic OH excluding ortho intramolecular Hbond substituents is 1. The second-order valence-electron chi connectivity index (χ2n) is 3.21. The monoisotopic (exact) mass is 238 g/mol. The van der Waals surface area contributed by atoms with Gasteiger partial charge in [-0.25, -0.2) is 5.48 Å². The van der Waals surface area contributed by atoms with E-state index in [1.807, 2.05) is 0 Å². The van der Waals surface area contributed by atoms with E-state index in [0.29, 0.717) is 5.56 Å². The molecule has 0 fully saturated rings. The van der Waals surface area contributed by atoms with Gasteiger partial charge in [-0.3, -0.25) is 9.63 Å². The van der Waals surface area contributed by atoms with Gasteiger partial charge < -0.3 is 9.94 Å². The number of oxime groups is 1. The number of carbonyl (C=O) groups is 1. The van der Waals surface area contributed by atoms with E-state index >= 15 is 0 Å². The maximum absolute atomic E-state index is 11.2. The molecule has 92 valence electrons. The number of hydroxylamine groups is 1. The summed E-state index contributed by atoms with van der Waals surface area (Å²) in [5, 5.41) is 13.0. The molecule has 2 N–H and O–H groups in total. The van der Waals surface area contributed by atoms with Crippen molar-refractivity contribution < 1.29 is 19.6 Å². The molecule has 17 heavy (non-hydrogen) atoms. The Bertz CT molecular complexity index is 406. The first-order valence-corrected chi connectivity index (χ1v) is 4.95. The number of nitrogens with one attached hydrogen (secondary N) is 1. The zero-order valence-electron chi connectivity index (χ0n) is 9.58. The average Bonchev–Trinajstić information content (AvgIpc) is 2.31. The maximum Gasteiger partial charge on any atom is 0.287 e. The predicted octanol–water partition coefficient (Wildman–Crippen LogP) is 0.809. The van der Waals surface area contributed by atoms with Gasteiger partial charge in [0.1, 0.15) is 5.75 Å². The molecule has 0 aromatic heterocycles. The van der Waals surface area contributed by atoms with Crippen molar-refractivity contribution in [1.82, 2.24) is 5.48 Å². The zero-order valence-corrected chi connectivity index (χ0v) is 9.58. The lowest BCUT2D eigenvalue weighted by atomic mass is 10.2. The molecule has 0 aliphatic carbocycles. The van der Waals surface area contributed by atoms with Crippen LogP contribution in [0.3, 0.4) is 0 Å². The van der Waals surface area contributed by atoms with Crippen molar-refractivity contribution in [3.8, 4) is 5.75 Å². The van der Waals surface area contributed by atoms with E-state index in [-0.39, 0.29) is 5.75 Å². The summed E-state index contributed by atoms with van der Waals surface area (Å²) in [7, 11) is 1.33.